The third-order valence-corrected chi connectivity index (χ3v) is 14.3. The Balaban J connectivity index is 1.11. The number of aromatic amines is 2. The van der Waals surface area contributed by atoms with Crippen LogP contribution in [0, 0.1) is 11.8 Å². The Labute approximate surface area is 347 Å². The minimum absolute atomic E-state index is 0.140. The summed E-state index contributed by atoms with van der Waals surface area (Å²) in [7, 11) is 0.654. The first-order valence-corrected chi connectivity index (χ1v) is 23.6. The van der Waals surface area contributed by atoms with E-state index in [9.17, 15) is 28.0 Å². The number of halogens is 2. The highest BCUT2D eigenvalue weighted by atomic mass is 28.3. The summed E-state index contributed by atoms with van der Waals surface area (Å²) in [6.45, 7) is 11.0. The molecule has 318 valence electrons. The first kappa shape index (κ1) is 42.3. The second-order valence-corrected chi connectivity index (χ2v) is 22.4. The summed E-state index contributed by atoms with van der Waals surface area (Å²) in [6.07, 6.45) is 0.163. The number of imidazole rings is 2. The molecule has 1 unspecified atom stereocenters. The number of benzene rings is 3. The molecule has 0 aliphatic carbocycles. The molecule has 17 heteroatoms. The third kappa shape index (κ3) is 8.44. The fraction of sp³-hybridized carbons (Fsp3) is 0.442. The van der Waals surface area contributed by atoms with Crippen molar-refractivity contribution in [1.82, 2.24) is 40.4 Å². The lowest BCUT2D eigenvalue weighted by Crippen LogP contribution is -2.52. The molecule has 0 radical (unpaired) electrons. The number of hydrogen-bond donors (Lipinski definition) is 4. The number of hydrogen-bond acceptors (Lipinski definition) is 8. The number of H-pyrrole nitrogens is 2. The zero-order valence-electron chi connectivity index (χ0n) is 35.1. The molecule has 14 nitrogen and oxygen atoms in total. The molecule has 0 spiro atoms. The SMILES string of the molecule is COC(=O)N[C@H](C(=O)N1CC(F)(F)CC1c1ncc(-c2ccc(-c3ccc4c(ccc5[nH]c([C@@H]6C[Si](C)(C)CN6C(=O)[C@@H](NC(=O)OC)C(C)C)nc54)c3)cc2)[nH]1)C(C)C. The molecule has 2 aliphatic heterocycles. The van der Waals surface area contributed by atoms with Gasteiger partial charge in [-0.05, 0) is 52.1 Å². The summed E-state index contributed by atoms with van der Waals surface area (Å²) in [4.78, 5) is 70.8. The first-order valence-electron chi connectivity index (χ1n) is 20.1. The highest BCUT2D eigenvalue weighted by Crippen LogP contribution is 2.42. The van der Waals surface area contributed by atoms with E-state index in [0.29, 0.717) is 11.9 Å². The summed E-state index contributed by atoms with van der Waals surface area (Å²) in [5.41, 5.74) is 5.01. The number of amides is 4. The van der Waals surface area contributed by atoms with Gasteiger partial charge in [0.05, 0.1) is 63.8 Å². The van der Waals surface area contributed by atoms with Crippen molar-refractivity contribution in [3.8, 4) is 22.4 Å². The topological polar surface area (TPSA) is 175 Å². The predicted octanol–water partition coefficient (Wildman–Crippen LogP) is 7.57. The Hall–Kier alpha value is -5.84. The van der Waals surface area contributed by atoms with E-state index >= 15 is 0 Å². The van der Waals surface area contributed by atoms with E-state index in [2.05, 4.69) is 49.5 Å². The number of nitrogens with zero attached hydrogens (tertiary/aromatic N) is 4. The van der Waals surface area contributed by atoms with Gasteiger partial charge >= 0.3 is 12.2 Å². The average molecular weight is 843 g/mol. The van der Waals surface area contributed by atoms with Gasteiger partial charge in [-0.2, -0.15) is 0 Å². The summed E-state index contributed by atoms with van der Waals surface area (Å²) in [5, 5.41) is 7.17. The Morgan fingerprint density at radius 3 is 2.02 bits per heavy atom. The van der Waals surface area contributed by atoms with Gasteiger partial charge in [0.2, 0.25) is 11.8 Å². The Morgan fingerprint density at radius 2 is 1.40 bits per heavy atom. The van der Waals surface area contributed by atoms with Crippen molar-refractivity contribution in [2.45, 2.75) is 83.3 Å². The minimum Gasteiger partial charge on any atom is -0.453 e. The zero-order valence-corrected chi connectivity index (χ0v) is 36.1. The van der Waals surface area contributed by atoms with Crippen molar-refractivity contribution in [1.29, 1.82) is 0 Å². The van der Waals surface area contributed by atoms with Crippen LogP contribution in [0.3, 0.4) is 0 Å². The maximum absolute atomic E-state index is 14.8. The number of fused-ring (bicyclic) bond motifs is 3. The van der Waals surface area contributed by atoms with Crippen LogP contribution in [0.1, 0.15) is 57.8 Å². The normalized spacial score (nSPS) is 19.5. The minimum atomic E-state index is -3.13. The summed E-state index contributed by atoms with van der Waals surface area (Å²) < 4.78 is 39.1. The molecule has 2 saturated heterocycles. The molecule has 7 rings (SSSR count). The van der Waals surface area contributed by atoms with E-state index in [1.165, 1.54) is 14.2 Å². The number of ether oxygens (including phenoxy) is 2. The molecule has 5 aromatic rings. The first-order chi connectivity index (χ1) is 28.4. The van der Waals surface area contributed by atoms with Crippen molar-refractivity contribution < 1.29 is 37.4 Å². The quantitative estimate of drug-likeness (QED) is 0.104. The average Bonchev–Trinajstić information content (AvgIpc) is 4.01. The molecule has 4 N–H and O–H groups in total. The largest absolute Gasteiger partial charge is 0.453 e. The van der Waals surface area contributed by atoms with Gasteiger partial charge in [-0.15, -0.1) is 0 Å². The van der Waals surface area contributed by atoms with Crippen molar-refractivity contribution in [3.63, 3.8) is 0 Å². The molecule has 0 bridgehead atoms. The van der Waals surface area contributed by atoms with E-state index in [0.717, 1.165) is 55.3 Å². The van der Waals surface area contributed by atoms with Crippen LogP contribution in [-0.2, 0) is 19.1 Å². The number of likely N-dealkylation sites (tertiary alicyclic amines) is 1. The number of methoxy groups -OCH3 is 2. The lowest BCUT2D eigenvalue weighted by Gasteiger charge is -2.30. The van der Waals surface area contributed by atoms with Crippen LogP contribution in [0.15, 0.2) is 60.8 Å². The van der Waals surface area contributed by atoms with E-state index in [1.54, 1.807) is 20.0 Å². The van der Waals surface area contributed by atoms with Gasteiger partial charge in [0.15, 0.2) is 0 Å². The van der Waals surface area contributed by atoms with Crippen LogP contribution in [0.4, 0.5) is 18.4 Å². The van der Waals surface area contributed by atoms with Crippen molar-refractivity contribution in [2.24, 2.45) is 11.8 Å². The molecular formula is C43H52F2N8O6Si. The summed E-state index contributed by atoms with van der Waals surface area (Å²) in [6, 6.07) is 15.8. The second-order valence-electron chi connectivity index (χ2n) is 17.4. The van der Waals surface area contributed by atoms with Crippen LogP contribution in [-0.4, -0.2) is 107 Å². The number of rotatable bonds is 10. The number of alkyl carbamates (subject to hydrolysis) is 2. The molecule has 2 aromatic heterocycles. The molecule has 4 heterocycles. The number of carbonyl (C=O) groups is 4. The fourth-order valence-corrected chi connectivity index (χ4v) is 11.3. The van der Waals surface area contributed by atoms with E-state index < -0.39 is 63.2 Å². The Kier molecular flexibility index (Phi) is 11.5. The second kappa shape index (κ2) is 16.3. The van der Waals surface area contributed by atoms with Crippen LogP contribution in [0.25, 0.3) is 44.2 Å². The van der Waals surface area contributed by atoms with E-state index in [4.69, 9.17) is 9.72 Å². The van der Waals surface area contributed by atoms with Gasteiger partial charge in [0, 0.05) is 18.0 Å². The lowest BCUT2D eigenvalue weighted by molar-refractivity contribution is -0.137. The summed E-state index contributed by atoms with van der Waals surface area (Å²) in [5.74, 6) is -3.46. The Bertz CT molecular complexity index is 2430. The monoisotopic (exact) mass is 842 g/mol. The molecule has 60 heavy (non-hydrogen) atoms. The van der Waals surface area contributed by atoms with Crippen molar-refractivity contribution in [3.05, 3.63) is 72.4 Å². The number of alkyl halides is 2. The molecule has 0 saturated carbocycles. The predicted molar refractivity (Wildman–Crippen MR) is 226 cm³/mol. The van der Waals surface area contributed by atoms with Gasteiger partial charge in [-0.1, -0.05) is 83.3 Å². The van der Waals surface area contributed by atoms with Gasteiger partial charge in [0.1, 0.15) is 23.7 Å². The Morgan fingerprint density at radius 1 is 0.800 bits per heavy atom. The molecule has 3 aromatic carbocycles. The molecule has 4 atom stereocenters. The van der Waals surface area contributed by atoms with Crippen LogP contribution in [0.5, 0.6) is 0 Å². The highest BCUT2D eigenvalue weighted by molar-refractivity contribution is 6.78. The molecule has 2 fully saturated rings. The number of carbonyl (C=O) groups excluding carboxylic acids is 4. The maximum atomic E-state index is 14.8. The van der Waals surface area contributed by atoms with Crippen LogP contribution in [0.2, 0.25) is 19.1 Å². The van der Waals surface area contributed by atoms with Crippen molar-refractivity contribution in [2.75, 3.05) is 26.9 Å². The standard InChI is InChI=1S/C43H52F2N8O6Si/c1-23(2)34(50-41(56)58-5)39(54)52-21-43(44,45)18-32(52)37-46-19-31(48-37)26-11-9-25(10-12-26)27-13-15-29-28(17-27)14-16-30-36(29)49-38(47-30)33-20-60(7,8)22-53(33)40(55)35(24(3)4)51-42(57)59-6/h9-17,19,23-24,32-35H,18,20-22H2,1-8H3,(H,46,48)(H,47,49)(H,50,56)(H,51,57)/t32?,33-,34-,35-/m0/s1. The molecule has 4 amide bonds. The maximum Gasteiger partial charge on any atom is 0.407 e. The van der Waals surface area contributed by atoms with Gasteiger partial charge < -0.3 is 39.9 Å². The fourth-order valence-electron chi connectivity index (χ4n) is 8.45. The van der Waals surface area contributed by atoms with Crippen LogP contribution < -0.4 is 10.6 Å². The van der Waals surface area contributed by atoms with E-state index in [-0.39, 0.29) is 29.6 Å². The molecular weight excluding hydrogens is 791 g/mol. The van der Waals surface area contributed by atoms with Crippen molar-refractivity contribution >= 4 is 53.9 Å². The summed E-state index contributed by atoms with van der Waals surface area (Å²) >= 11 is 0. The highest BCUT2D eigenvalue weighted by Gasteiger charge is 2.50. The smallest absolute Gasteiger partial charge is 0.407 e. The number of nitrogens with one attached hydrogen (secondary N) is 4. The van der Waals surface area contributed by atoms with Gasteiger partial charge in [0.25, 0.3) is 5.92 Å². The third-order valence-electron chi connectivity index (χ3n) is 11.6. The van der Waals surface area contributed by atoms with Crippen LogP contribution >= 0.6 is 0 Å². The number of aromatic nitrogens is 4. The van der Waals surface area contributed by atoms with Gasteiger partial charge in [-0.25, -0.2) is 28.3 Å². The van der Waals surface area contributed by atoms with E-state index in [1.807, 2.05) is 67.3 Å². The van der Waals surface area contributed by atoms with Gasteiger partial charge in [-0.3, -0.25) is 9.59 Å². The molecule has 2 aliphatic rings. The lowest BCUT2D eigenvalue weighted by atomic mass is 9.99. The zero-order chi connectivity index (χ0) is 43.3.